The summed E-state index contributed by atoms with van der Waals surface area (Å²) in [7, 11) is 0. The van der Waals surface area contributed by atoms with E-state index < -0.39 is 11.8 Å². The second-order valence-corrected chi connectivity index (χ2v) is 3.98. The van der Waals surface area contributed by atoms with Crippen molar-refractivity contribution >= 4 is 29.1 Å². The van der Waals surface area contributed by atoms with E-state index in [1.54, 1.807) is 18.2 Å². The van der Waals surface area contributed by atoms with Gasteiger partial charge < -0.3 is 4.42 Å². The number of furan rings is 1. The molecule has 0 saturated carbocycles. The van der Waals surface area contributed by atoms with E-state index in [4.69, 9.17) is 16.6 Å². The van der Waals surface area contributed by atoms with Gasteiger partial charge in [-0.3, -0.25) is 30.7 Å². The summed E-state index contributed by atoms with van der Waals surface area (Å²) in [4.78, 5) is 27.0. The van der Waals surface area contributed by atoms with Gasteiger partial charge in [0, 0.05) is 18.0 Å². The highest BCUT2D eigenvalue weighted by Gasteiger charge is 2.11. The van der Waals surface area contributed by atoms with Crippen LogP contribution in [0.25, 0.3) is 0 Å². The van der Waals surface area contributed by atoms with Crippen molar-refractivity contribution < 1.29 is 14.0 Å². The molecule has 0 unspecified atom stereocenters. The van der Waals surface area contributed by atoms with Crippen LogP contribution in [-0.2, 0) is 0 Å². The highest BCUT2D eigenvalue weighted by atomic mass is 32.1. The van der Waals surface area contributed by atoms with Crippen LogP contribution in [0.1, 0.15) is 20.9 Å². The first kappa shape index (κ1) is 13.7. The van der Waals surface area contributed by atoms with Gasteiger partial charge in [0.1, 0.15) is 0 Å². The van der Waals surface area contributed by atoms with Gasteiger partial charge in [-0.15, -0.1) is 0 Å². The van der Waals surface area contributed by atoms with Gasteiger partial charge in [-0.2, -0.15) is 0 Å². The van der Waals surface area contributed by atoms with Gasteiger partial charge >= 0.3 is 0 Å². The van der Waals surface area contributed by atoms with E-state index in [0.29, 0.717) is 5.56 Å². The zero-order valence-corrected chi connectivity index (χ0v) is 10.9. The van der Waals surface area contributed by atoms with Gasteiger partial charge in [-0.05, 0) is 36.5 Å². The largest absolute Gasteiger partial charge is 0.459 e. The summed E-state index contributed by atoms with van der Waals surface area (Å²) >= 11 is 4.86. The van der Waals surface area contributed by atoms with Crippen molar-refractivity contribution in [3.05, 3.63) is 54.2 Å². The molecule has 0 saturated heterocycles. The van der Waals surface area contributed by atoms with Gasteiger partial charge in [0.25, 0.3) is 11.8 Å². The first-order chi connectivity index (χ1) is 9.66. The molecule has 0 aliphatic heterocycles. The molecule has 8 heteroatoms. The van der Waals surface area contributed by atoms with Crippen LogP contribution in [0, 0.1) is 0 Å². The number of amides is 2. The average molecular weight is 290 g/mol. The molecular formula is C12H10N4O3S. The fourth-order valence-electron chi connectivity index (χ4n) is 1.29. The minimum Gasteiger partial charge on any atom is -0.459 e. The lowest BCUT2D eigenvalue weighted by Gasteiger charge is -2.09. The molecule has 20 heavy (non-hydrogen) atoms. The van der Waals surface area contributed by atoms with E-state index in [-0.39, 0.29) is 10.9 Å². The van der Waals surface area contributed by atoms with Crippen molar-refractivity contribution in [2.24, 2.45) is 0 Å². The molecule has 0 bridgehead atoms. The first-order valence-electron chi connectivity index (χ1n) is 5.52. The van der Waals surface area contributed by atoms with E-state index in [0.717, 1.165) is 0 Å². The predicted octanol–water partition coefficient (Wildman–Crippen LogP) is 0.624. The summed E-state index contributed by atoms with van der Waals surface area (Å²) in [5, 5.41) is 2.30. The molecule has 2 rings (SSSR count). The number of rotatable bonds is 2. The maximum Gasteiger partial charge on any atom is 0.293 e. The Morgan fingerprint density at radius 1 is 1.10 bits per heavy atom. The van der Waals surface area contributed by atoms with E-state index >= 15 is 0 Å². The summed E-state index contributed by atoms with van der Waals surface area (Å²) in [6.45, 7) is 0. The molecule has 0 aliphatic carbocycles. The van der Waals surface area contributed by atoms with Gasteiger partial charge in [0.15, 0.2) is 10.9 Å². The maximum atomic E-state index is 11.7. The van der Waals surface area contributed by atoms with Gasteiger partial charge in [-0.1, -0.05) is 0 Å². The lowest BCUT2D eigenvalue weighted by Crippen LogP contribution is -2.48. The second-order valence-electron chi connectivity index (χ2n) is 3.58. The molecule has 0 atom stereocenters. The monoisotopic (exact) mass is 290 g/mol. The molecule has 0 aromatic carbocycles. The number of hydrazine groups is 1. The lowest BCUT2D eigenvalue weighted by molar-refractivity contribution is 0.0927. The molecule has 3 N–H and O–H groups in total. The maximum absolute atomic E-state index is 11.7. The zero-order valence-electron chi connectivity index (χ0n) is 10.1. The third-order valence-electron chi connectivity index (χ3n) is 2.20. The van der Waals surface area contributed by atoms with Crippen LogP contribution >= 0.6 is 12.2 Å². The molecule has 2 heterocycles. The van der Waals surface area contributed by atoms with Crippen molar-refractivity contribution in [3.63, 3.8) is 0 Å². The minimum atomic E-state index is -0.509. The Balaban J connectivity index is 1.81. The molecule has 0 aliphatic rings. The fourth-order valence-corrected chi connectivity index (χ4v) is 1.44. The van der Waals surface area contributed by atoms with E-state index in [1.165, 1.54) is 24.7 Å². The Morgan fingerprint density at radius 3 is 2.50 bits per heavy atom. The smallest absolute Gasteiger partial charge is 0.293 e. The normalized spacial score (nSPS) is 9.60. The van der Waals surface area contributed by atoms with Crippen LogP contribution in [0.2, 0.25) is 0 Å². The average Bonchev–Trinajstić information content (AvgIpc) is 3.00. The number of carbonyl (C=O) groups excluding carboxylic acids is 2. The predicted molar refractivity (Wildman–Crippen MR) is 73.6 cm³/mol. The molecule has 0 spiro atoms. The van der Waals surface area contributed by atoms with Crippen LogP contribution in [-0.4, -0.2) is 21.9 Å². The van der Waals surface area contributed by atoms with Crippen LogP contribution in [0.3, 0.4) is 0 Å². The fraction of sp³-hybridized carbons (Fsp3) is 0. The van der Waals surface area contributed by atoms with Gasteiger partial charge in [0.2, 0.25) is 0 Å². The Morgan fingerprint density at radius 2 is 1.85 bits per heavy atom. The number of carbonyl (C=O) groups is 2. The molecule has 7 nitrogen and oxygen atoms in total. The first-order valence-corrected chi connectivity index (χ1v) is 5.93. The molecular weight excluding hydrogens is 280 g/mol. The molecule has 2 aromatic heterocycles. The van der Waals surface area contributed by atoms with Crippen molar-refractivity contribution in [1.29, 1.82) is 0 Å². The van der Waals surface area contributed by atoms with Crippen molar-refractivity contribution in [2.75, 3.05) is 0 Å². The molecule has 0 fully saturated rings. The number of hydrogen-bond donors (Lipinski definition) is 3. The summed E-state index contributed by atoms with van der Waals surface area (Å²) < 4.78 is 4.90. The summed E-state index contributed by atoms with van der Waals surface area (Å²) in [5.41, 5.74) is 5.17. The van der Waals surface area contributed by atoms with Crippen LogP contribution in [0.15, 0.2) is 47.3 Å². The summed E-state index contributed by atoms with van der Waals surface area (Å²) in [5.74, 6) is -0.790. The molecule has 0 radical (unpaired) electrons. The van der Waals surface area contributed by atoms with Gasteiger partial charge in [-0.25, -0.2) is 0 Å². The summed E-state index contributed by atoms with van der Waals surface area (Å²) in [6, 6.07) is 6.16. The SMILES string of the molecule is O=C(NNC(=S)NC(=O)c1ccco1)c1ccncc1. The lowest BCUT2D eigenvalue weighted by atomic mass is 10.3. The minimum absolute atomic E-state index is 0.0474. The van der Waals surface area contributed by atoms with Gasteiger partial charge in [0.05, 0.1) is 6.26 Å². The highest BCUT2D eigenvalue weighted by Crippen LogP contribution is 1.98. The quantitative estimate of drug-likeness (QED) is 0.554. The number of nitrogens with one attached hydrogen (secondary N) is 3. The van der Waals surface area contributed by atoms with Crippen LogP contribution < -0.4 is 16.2 Å². The molecule has 2 aromatic rings. The third kappa shape index (κ3) is 3.62. The van der Waals surface area contributed by atoms with E-state index in [1.807, 2.05) is 0 Å². The Bertz CT molecular complexity index is 613. The highest BCUT2D eigenvalue weighted by molar-refractivity contribution is 7.80. The standard InChI is InChI=1S/C12H10N4O3S/c17-10(8-3-5-13-6-4-8)15-16-12(20)14-11(18)9-2-1-7-19-9/h1-7H,(H,15,17)(H2,14,16,18,20). The third-order valence-corrected chi connectivity index (χ3v) is 2.41. The van der Waals surface area contributed by atoms with Crippen LogP contribution in [0.5, 0.6) is 0 Å². The number of hydrogen-bond acceptors (Lipinski definition) is 5. The topological polar surface area (TPSA) is 96.3 Å². The Labute approximate surface area is 119 Å². The van der Waals surface area contributed by atoms with Crippen LogP contribution in [0.4, 0.5) is 0 Å². The van der Waals surface area contributed by atoms with E-state index in [2.05, 4.69) is 21.2 Å². The number of thiocarbonyl (C=S) groups is 1. The number of nitrogens with zero attached hydrogens (tertiary/aromatic N) is 1. The summed E-state index contributed by atoms with van der Waals surface area (Å²) in [6.07, 6.45) is 4.36. The molecule has 102 valence electrons. The zero-order chi connectivity index (χ0) is 14.4. The van der Waals surface area contributed by atoms with Crippen molar-refractivity contribution in [2.45, 2.75) is 0 Å². The van der Waals surface area contributed by atoms with E-state index in [9.17, 15) is 9.59 Å². The number of pyridine rings is 1. The Kier molecular flexibility index (Phi) is 4.40. The Hall–Kier alpha value is -2.74. The van der Waals surface area contributed by atoms with Crippen molar-refractivity contribution in [1.82, 2.24) is 21.2 Å². The second kappa shape index (κ2) is 6.43. The molecule has 2 amide bonds. The van der Waals surface area contributed by atoms with Crippen molar-refractivity contribution in [3.8, 4) is 0 Å². The number of aromatic nitrogens is 1.